The van der Waals surface area contributed by atoms with Crippen molar-refractivity contribution in [2.75, 3.05) is 11.9 Å². The number of carbonyl (C=O) groups is 1. The number of rotatable bonds is 2. The van der Waals surface area contributed by atoms with Gasteiger partial charge in [-0.1, -0.05) is 41.1 Å². The minimum Gasteiger partial charge on any atom is -0.384 e. The molecule has 0 aromatic heterocycles. The van der Waals surface area contributed by atoms with E-state index in [0.29, 0.717) is 21.8 Å². The second-order valence-electron chi connectivity index (χ2n) is 4.47. The highest BCUT2D eigenvalue weighted by Gasteiger charge is 2.08. The Morgan fingerprint density at radius 1 is 1.24 bits per heavy atom. The Labute approximate surface area is 128 Å². The minimum absolute atomic E-state index is 0.218. The van der Waals surface area contributed by atoms with Crippen LogP contribution in [0, 0.1) is 18.8 Å². The summed E-state index contributed by atoms with van der Waals surface area (Å²) >= 11 is 5.92. The van der Waals surface area contributed by atoms with Gasteiger partial charge in [0.2, 0.25) is 0 Å². The molecular formula is C17H14ClNO2. The van der Waals surface area contributed by atoms with Crippen LogP contribution in [0.15, 0.2) is 42.5 Å². The molecule has 0 radical (unpaired) electrons. The normalized spacial score (nSPS) is 9.67. The molecule has 0 heterocycles. The molecule has 0 bridgehead atoms. The zero-order valence-corrected chi connectivity index (χ0v) is 12.2. The van der Waals surface area contributed by atoms with Crippen LogP contribution >= 0.6 is 11.6 Å². The maximum Gasteiger partial charge on any atom is 0.255 e. The summed E-state index contributed by atoms with van der Waals surface area (Å²) in [6, 6.07) is 12.3. The molecule has 0 aliphatic carbocycles. The third-order valence-corrected chi connectivity index (χ3v) is 3.08. The number of hydrogen-bond acceptors (Lipinski definition) is 2. The van der Waals surface area contributed by atoms with Gasteiger partial charge in [0.05, 0.1) is 5.69 Å². The lowest BCUT2D eigenvalue weighted by molar-refractivity contribution is 0.102. The largest absolute Gasteiger partial charge is 0.384 e. The number of aliphatic hydroxyl groups is 1. The van der Waals surface area contributed by atoms with Crippen LogP contribution in [0.2, 0.25) is 5.02 Å². The van der Waals surface area contributed by atoms with Crippen molar-refractivity contribution < 1.29 is 9.90 Å². The molecule has 106 valence electrons. The molecule has 0 aliphatic rings. The van der Waals surface area contributed by atoms with E-state index in [1.807, 2.05) is 19.1 Å². The van der Waals surface area contributed by atoms with Crippen molar-refractivity contribution in [2.45, 2.75) is 6.92 Å². The van der Waals surface area contributed by atoms with Crippen LogP contribution in [0.1, 0.15) is 21.5 Å². The summed E-state index contributed by atoms with van der Waals surface area (Å²) in [5, 5.41) is 12.1. The first kappa shape index (κ1) is 15.1. The number of benzene rings is 2. The van der Waals surface area contributed by atoms with Crippen molar-refractivity contribution in [3.63, 3.8) is 0 Å². The van der Waals surface area contributed by atoms with Crippen LogP contribution in [0.25, 0.3) is 0 Å². The third-order valence-electron chi connectivity index (χ3n) is 2.85. The second kappa shape index (κ2) is 6.94. The smallest absolute Gasteiger partial charge is 0.255 e. The Balaban J connectivity index is 2.26. The number of aliphatic hydroxyl groups excluding tert-OH is 1. The van der Waals surface area contributed by atoms with Gasteiger partial charge < -0.3 is 10.4 Å². The van der Waals surface area contributed by atoms with Gasteiger partial charge in [-0.15, -0.1) is 0 Å². The van der Waals surface area contributed by atoms with Gasteiger partial charge in [-0.25, -0.2) is 0 Å². The molecular weight excluding hydrogens is 286 g/mol. The molecule has 2 aromatic carbocycles. The molecule has 1 amide bonds. The van der Waals surface area contributed by atoms with Gasteiger partial charge in [0.15, 0.2) is 0 Å². The van der Waals surface area contributed by atoms with Crippen molar-refractivity contribution in [1.29, 1.82) is 0 Å². The molecule has 0 atom stereocenters. The third kappa shape index (κ3) is 4.09. The average Bonchev–Trinajstić information content (AvgIpc) is 2.48. The molecule has 4 heteroatoms. The van der Waals surface area contributed by atoms with Gasteiger partial charge in [0.25, 0.3) is 5.91 Å². The van der Waals surface area contributed by atoms with Gasteiger partial charge in [-0.3, -0.25) is 4.79 Å². The molecule has 2 rings (SSSR count). The molecule has 0 unspecified atom stereocenters. The number of aryl methyl sites for hydroxylation is 1. The lowest BCUT2D eigenvalue weighted by Gasteiger charge is -2.08. The summed E-state index contributed by atoms with van der Waals surface area (Å²) in [5.74, 6) is 5.10. The first-order chi connectivity index (χ1) is 10.1. The maximum atomic E-state index is 12.2. The summed E-state index contributed by atoms with van der Waals surface area (Å²) in [5.41, 5.74) is 2.78. The van der Waals surface area contributed by atoms with E-state index in [9.17, 15) is 4.79 Å². The maximum absolute atomic E-state index is 12.2. The number of hydrogen-bond donors (Lipinski definition) is 2. The van der Waals surface area contributed by atoms with E-state index < -0.39 is 0 Å². The van der Waals surface area contributed by atoms with E-state index >= 15 is 0 Å². The fourth-order valence-corrected chi connectivity index (χ4v) is 1.94. The minimum atomic E-state index is -0.252. The highest BCUT2D eigenvalue weighted by Crippen LogP contribution is 2.20. The standard InChI is InChI=1S/C17H14ClNO2/c1-12-4-6-13(7-5-12)17(21)19-16-9-8-15(18)11-14(16)3-2-10-20/h4-9,11,20H,10H2,1H3,(H,19,21). The lowest BCUT2D eigenvalue weighted by Crippen LogP contribution is -2.12. The van der Waals surface area contributed by atoms with Crippen molar-refractivity contribution in [3.8, 4) is 11.8 Å². The molecule has 0 saturated heterocycles. The van der Waals surface area contributed by atoms with Crippen LogP contribution < -0.4 is 5.32 Å². The Kier molecular flexibility index (Phi) is 4.99. The van der Waals surface area contributed by atoms with E-state index in [4.69, 9.17) is 16.7 Å². The summed E-state index contributed by atoms with van der Waals surface area (Å²) < 4.78 is 0. The first-order valence-corrected chi connectivity index (χ1v) is 6.75. The Morgan fingerprint density at radius 2 is 1.95 bits per heavy atom. The van der Waals surface area contributed by atoms with Crippen LogP contribution in [-0.4, -0.2) is 17.6 Å². The number of nitrogens with one attached hydrogen (secondary N) is 1. The fourth-order valence-electron chi connectivity index (χ4n) is 1.76. The summed E-state index contributed by atoms with van der Waals surface area (Å²) in [6.07, 6.45) is 0. The van der Waals surface area contributed by atoms with Gasteiger partial charge in [0, 0.05) is 16.1 Å². The SMILES string of the molecule is Cc1ccc(C(=O)Nc2ccc(Cl)cc2C#CCO)cc1. The number of anilines is 1. The summed E-state index contributed by atoms with van der Waals surface area (Å²) in [6.45, 7) is 1.71. The highest BCUT2D eigenvalue weighted by molar-refractivity contribution is 6.30. The number of carbonyl (C=O) groups excluding carboxylic acids is 1. The van der Waals surface area contributed by atoms with E-state index in [2.05, 4.69) is 17.2 Å². The summed E-state index contributed by atoms with van der Waals surface area (Å²) in [4.78, 5) is 12.2. The van der Waals surface area contributed by atoms with E-state index in [1.165, 1.54) is 0 Å². The Morgan fingerprint density at radius 3 is 2.62 bits per heavy atom. The average molecular weight is 300 g/mol. The Bertz CT molecular complexity index is 712. The fraction of sp³-hybridized carbons (Fsp3) is 0.118. The van der Waals surface area contributed by atoms with Gasteiger partial charge in [-0.2, -0.15) is 0 Å². The quantitative estimate of drug-likeness (QED) is 0.836. The van der Waals surface area contributed by atoms with Crippen LogP contribution in [0.4, 0.5) is 5.69 Å². The van der Waals surface area contributed by atoms with Gasteiger partial charge in [0.1, 0.15) is 6.61 Å². The summed E-state index contributed by atoms with van der Waals surface area (Å²) in [7, 11) is 0. The number of amides is 1. The van der Waals surface area contributed by atoms with Crippen LogP contribution in [0.5, 0.6) is 0 Å². The molecule has 2 aromatic rings. The molecule has 0 aliphatic heterocycles. The van der Waals surface area contributed by atoms with Crippen molar-refractivity contribution in [1.82, 2.24) is 0 Å². The van der Waals surface area contributed by atoms with Gasteiger partial charge >= 0.3 is 0 Å². The zero-order valence-electron chi connectivity index (χ0n) is 11.5. The monoisotopic (exact) mass is 299 g/mol. The predicted molar refractivity (Wildman–Crippen MR) is 84.5 cm³/mol. The van der Waals surface area contributed by atoms with Gasteiger partial charge in [-0.05, 0) is 37.3 Å². The van der Waals surface area contributed by atoms with Crippen molar-refractivity contribution in [3.05, 3.63) is 64.2 Å². The topological polar surface area (TPSA) is 49.3 Å². The zero-order chi connectivity index (χ0) is 15.2. The molecule has 0 fully saturated rings. The lowest BCUT2D eigenvalue weighted by atomic mass is 10.1. The molecule has 3 nitrogen and oxygen atoms in total. The molecule has 21 heavy (non-hydrogen) atoms. The van der Waals surface area contributed by atoms with E-state index in [1.54, 1.807) is 30.3 Å². The highest BCUT2D eigenvalue weighted by atomic mass is 35.5. The Hall–Kier alpha value is -2.28. The van der Waals surface area contributed by atoms with Crippen LogP contribution in [0.3, 0.4) is 0 Å². The van der Waals surface area contributed by atoms with E-state index in [0.717, 1.165) is 5.56 Å². The van der Waals surface area contributed by atoms with E-state index in [-0.39, 0.29) is 12.5 Å². The van der Waals surface area contributed by atoms with Crippen LogP contribution in [-0.2, 0) is 0 Å². The second-order valence-corrected chi connectivity index (χ2v) is 4.91. The molecule has 2 N–H and O–H groups in total. The molecule has 0 saturated carbocycles. The predicted octanol–water partition coefficient (Wildman–Crippen LogP) is 3.24. The molecule has 0 spiro atoms. The first-order valence-electron chi connectivity index (χ1n) is 6.37. The van der Waals surface area contributed by atoms with Crippen molar-refractivity contribution in [2.24, 2.45) is 0 Å². The number of halogens is 1. The van der Waals surface area contributed by atoms with Crippen molar-refractivity contribution >= 4 is 23.2 Å².